The molecule has 1 rings (SSSR count). The van der Waals surface area contributed by atoms with Crippen molar-refractivity contribution < 1.29 is 9.50 Å². The summed E-state index contributed by atoms with van der Waals surface area (Å²) in [6.07, 6.45) is -0.354. The van der Waals surface area contributed by atoms with E-state index in [4.69, 9.17) is 5.11 Å². The average Bonchev–Trinajstić information content (AvgIpc) is 2.13. The van der Waals surface area contributed by atoms with Crippen molar-refractivity contribution in [1.29, 1.82) is 0 Å². The molecular formula is C12H18FNO. The molecule has 0 aliphatic heterocycles. The molecule has 84 valence electrons. The number of benzene rings is 1. The van der Waals surface area contributed by atoms with Crippen molar-refractivity contribution in [3.8, 4) is 0 Å². The van der Waals surface area contributed by atoms with Crippen LogP contribution in [0.1, 0.15) is 23.6 Å². The minimum absolute atomic E-state index is 0.130. The summed E-state index contributed by atoms with van der Waals surface area (Å²) >= 11 is 0. The predicted molar refractivity (Wildman–Crippen MR) is 59.3 cm³/mol. The van der Waals surface area contributed by atoms with Gasteiger partial charge < -0.3 is 10.4 Å². The Balaban J connectivity index is 2.63. The molecule has 0 heterocycles. The minimum Gasteiger partial charge on any atom is -0.392 e. The second kappa shape index (κ2) is 5.24. The van der Waals surface area contributed by atoms with Gasteiger partial charge in [0.15, 0.2) is 0 Å². The fourth-order valence-electron chi connectivity index (χ4n) is 1.56. The van der Waals surface area contributed by atoms with Crippen LogP contribution in [0.15, 0.2) is 12.1 Å². The van der Waals surface area contributed by atoms with Crippen molar-refractivity contribution in [2.75, 3.05) is 6.54 Å². The number of aryl methyl sites for hydroxylation is 2. The van der Waals surface area contributed by atoms with Gasteiger partial charge in [-0.2, -0.15) is 0 Å². The van der Waals surface area contributed by atoms with Gasteiger partial charge in [-0.15, -0.1) is 0 Å². The van der Waals surface area contributed by atoms with E-state index >= 15 is 0 Å². The van der Waals surface area contributed by atoms with E-state index in [1.54, 1.807) is 20.8 Å². The maximum atomic E-state index is 13.3. The molecule has 0 amide bonds. The first-order valence-electron chi connectivity index (χ1n) is 5.15. The van der Waals surface area contributed by atoms with E-state index in [1.807, 2.05) is 12.1 Å². The van der Waals surface area contributed by atoms with Crippen molar-refractivity contribution in [2.45, 2.75) is 33.4 Å². The summed E-state index contributed by atoms with van der Waals surface area (Å²) in [6.45, 7) is 6.47. The van der Waals surface area contributed by atoms with Crippen molar-refractivity contribution in [3.63, 3.8) is 0 Å². The molecule has 0 aromatic heterocycles. The molecule has 0 saturated heterocycles. The zero-order valence-electron chi connectivity index (χ0n) is 9.47. The first-order chi connectivity index (χ1) is 7.00. The highest BCUT2D eigenvalue weighted by atomic mass is 19.1. The molecule has 2 nitrogen and oxygen atoms in total. The Bertz CT molecular complexity index is 313. The van der Waals surface area contributed by atoms with Crippen LogP contribution in [-0.2, 0) is 6.54 Å². The molecule has 2 N–H and O–H groups in total. The van der Waals surface area contributed by atoms with Crippen LogP contribution >= 0.6 is 0 Å². The Morgan fingerprint density at radius 1 is 1.33 bits per heavy atom. The number of halogens is 1. The fourth-order valence-corrected chi connectivity index (χ4v) is 1.56. The number of aliphatic hydroxyl groups is 1. The van der Waals surface area contributed by atoms with Crippen LogP contribution < -0.4 is 5.32 Å². The summed E-state index contributed by atoms with van der Waals surface area (Å²) < 4.78 is 13.3. The lowest BCUT2D eigenvalue weighted by Gasteiger charge is -2.09. The van der Waals surface area contributed by atoms with Crippen molar-refractivity contribution in [1.82, 2.24) is 5.32 Å². The van der Waals surface area contributed by atoms with Gasteiger partial charge in [0.25, 0.3) is 0 Å². The lowest BCUT2D eigenvalue weighted by atomic mass is 10.1. The molecule has 0 unspecified atom stereocenters. The summed E-state index contributed by atoms with van der Waals surface area (Å²) in [5.41, 5.74) is 2.39. The second-order valence-corrected chi connectivity index (χ2v) is 4.02. The molecular weight excluding hydrogens is 193 g/mol. The minimum atomic E-state index is -0.354. The monoisotopic (exact) mass is 211 g/mol. The molecule has 0 radical (unpaired) electrons. The number of hydrogen-bond acceptors (Lipinski definition) is 2. The Morgan fingerprint density at radius 2 is 1.87 bits per heavy atom. The summed E-state index contributed by atoms with van der Waals surface area (Å²) in [5.74, 6) is -0.130. The Labute approximate surface area is 90.1 Å². The van der Waals surface area contributed by atoms with Crippen LogP contribution in [0.5, 0.6) is 0 Å². The molecule has 0 bridgehead atoms. The topological polar surface area (TPSA) is 32.3 Å². The van der Waals surface area contributed by atoms with Crippen LogP contribution in [0, 0.1) is 19.7 Å². The van der Waals surface area contributed by atoms with Crippen molar-refractivity contribution in [3.05, 3.63) is 34.6 Å². The summed E-state index contributed by atoms with van der Waals surface area (Å²) in [7, 11) is 0. The summed E-state index contributed by atoms with van der Waals surface area (Å²) in [6, 6.07) is 3.66. The van der Waals surface area contributed by atoms with E-state index in [2.05, 4.69) is 5.32 Å². The van der Waals surface area contributed by atoms with Gasteiger partial charge in [0, 0.05) is 13.1 Å². The zero-order chi connectivity index (χ0) is 11.4. The Hall–Kier alpha value is -0.930. The van der Waals surface area contributed by atoms with Crippen LogP contribution in [0.2, 0.25) is 0 Å². The quantitative estimate of drug-likeness (QED) is 0.797. The molecule has 1 aromatic rings. The molecule has 0 aliphatic rings. The van der Waals surface area contributed by atoms with Gasteiger partial charge in [-0.25, -0.2) is 4.39 Å². The number of rotatable bonds is 4. The zero-order valence-corrected chi connectivity index (χ0v) is 9.47. The van der Waals surface area contributed by atoms with Gasteiger partial charge in [0.05, 0.1) is 6.10 Å². The largest absolute Gasteiger partial charge is 0.392 e. The smallest absolute Gasteiger partial charge is 0.129 e. The van der Waals surface area contributed by atoms with E-state index in [1.165, 1.54) is 0 Å². The Kier molecular flexibility index (Phi) is 4.24. The van der Waals surface area contributed by atoms with E-state index in [-0.39, 0.29) is 11.9 Å². The van der Waals surface area contributed by atoms with E-state index in [0.29, 0.717) is 24.2 Å². The van der Waals surface area contributed by atoms with Crippen molar-refractivity contribution >= 4 is 0 Å². The first kappa shape index (κ1) is 12.1. The maximum Gasteiger partial charge on any atom is 0.129 e. The van der Waals surface area contributed by atoms with Gasteiger partial charge >= 0.3 is 0 Å². The summed E-state index contributed by atoms with van der Waals surface area (Å²) in [5, 5.41) is 12.2. The highest BCUT2D eigenvalue weighted by molar-refractivity contribution is 5.30. The van der Waals surface area contributed by atoms with Crippen LogP contribution in [0.25, 0.3) is 0 Å². The average molecular weight is 211 g/mol. The third-order valence-corrected chi connectivity index (χ3v) is 2.27. The Morgan fingerprint density at radius 3 is 2.33 bits per heavy atom. The molecule has 0 aliphatic carbocycles. The van der Waals surface area contributed by atoms with Gasteiger partial charge in [0.2, 0.25) is 0 Å². The maximum absolute atomic E-state index is 13.3. The summed E-state index contributed by atoms with van der Waals surface area (Å²) in [4.78, 5) is 0. The third kappa shape index (κ3) is 3.61. The van der Waals surface area contributed by atoms with Gasteiger partial charge in [-0.3, -0.25) is 0 Å². The van der Waals surface area contributed by atoms with Gasteiger partial charge in [-0.1, -0.05) is 12.1 Å². The number of hydrogen-bond donors (Lipinski definition) is 2. The SMILES string of the molecule is Cc1cc(CNC[C@H](C)O)cc(C)c1F. The fraction of sp³-hybridized carbons (Fsp3) is 0.500. The van der Waals surface area contributed by atoms with Crippen LogP contribution in [0.3, 0.4) is 0 Å². The first-order valence-corrected chi connectivity index (χ1v) is 5.15. The lowest BCUT2D eigenvalue weighted by molar-refractivity contribution is 0.191. The molecule has 15 heavy (non-hydrogen) atoms. The van der Waals surface area contributed by atoms with E-state index in [9.17, 15) is 4.39 Å². The molecule has 1 aromatic carbocycles. The standard InChI is InChI=1S/C12H18FNO/c1-8-4-11(5-9(2)12(8)13)7-14-6-10(3)15/h4-5,10,14-15H,6-7H2,1-3H3/t10-/m0/s1. The van der Waals surface area contributed by atoms with Crippen LogP contribution in [0.4, 0.5) is 4.39 Å². The van der Waals surface area contributed by atoms with E-state index in [0.717, 1.165) is 5.56 Å². The van der Waals surface area contributed by atoms with Crippen molar-refractivity contribution in [2.24, 2.45) is 0 Å². The molecule has 0 saturated carbocycles. The highest BCUT2D eigenvalue weighted by Gasteiger charge is 2.04. The van der Waals surface area contributed by atoms with Gasteiger partial charge in [-0.05, 0) is 37.5 Å². The molecule has 0 spiro atoms. The second-order valence-electron chi connectivity index (χ2n) is 4.02. The van der Waals surface area contributed by atoms with E-state index < -0.39 is 0 Å². The number of nitrogens with one attached hydrogen (secondary N) is 1. The van der Waals surface area contributed by atoms with Gasteiger partial charge in [0.1, 0.15) is 5.82 Å². The third-order valence-electron chi connectivity index (χ3n) is 2.27. The number of aliphatic hydroxyl groups excluding tert-OH is 1. The molecule has 3 heteroatoms. The molecule has 0 fully saturated rings. The predicted octanol–water partition coefficient (Wildman–Crippen LogP) is 1.91. The van der Waals surface area contributed by atoms with Crippen LogP contribution in [-0.4, -0.2) is 17.8 Å². The molecule has 1 atom stereocenters. The lowest BCUT2D eigenvalue weighted by Crippen LogP contribution is -2.23. The highest BCUT2D eigenvalue weighted by Crippen LogP contribution is 2.14. The normalized spacial score (nSPS) is 12.9.